The van der Waals surface area contributed by atoms with E-state index < -0.39 is 10.8 Å². The molecule has 0 amide bonds. The highest BCUT2D eigenvalue weighted by Crippen LogP contribution is 2.55. The molecular formula is C84H102Cl2N2O4. The van der Waals surface area contributed by atoms with Crippen LogP contribution in [0.2, 0.25) is 10.0 Å². The number of fused-ring (bicyclic) bond motifs is 6. The Kier molecular flexibility index (Phi) is 17.4. The zero-order valence-electron chi connectivity index (χ0n) is 59.7. The largest absolute Gasteiger partial charge is 0.505 e. The fourth-order valence-corrected chi connectivity index (χ4v) is 15.3. The van der Waals surface area contributed by atoms with E-state index in [1.165, 1.54) is 22.3 Å². The van der Waals surface area contributed by atoms with Gasteiger partial charge in [-0.2, -0.15) is 0 Å². The summed E-state index contributed by atoms with van der Waals surface area (Å²) < 4.78 is 19.7. The second-order valence-electron chi connectivity index (χ2n) is 34.6. The van der Waals surface area contributed by atoms with Gasteiger partial charge in [0.2, 0.25) is 0 Å². The molecule has 0 fully saturated rings. The SMILES string of the molecule is Cc1cc(Cl)cc(-c2cc(C(C)(C)CC(C)(C)C)c(OCCOc3c(C(C)(C)CC(C)(C)C)cc(-c4cc(C)cc(Cl)c4)c(O)c3-n3c4ccc(C(C)(C)C)cc4c4cc(C(C)(C)C)ccc43)c(-n3c4ccc(C(C)(C)C)cc4c4cc(C(C)(C)C)ccc43)c2O)c1. The van der Waals surface area contributed by atoms with Gasteiger partial charge in [-0.3, -0.25) is 0 Å². The van der Waals surface area contributed by atoms with Crippen molar-refractivity contribution < 1.29 is 19.7 Å². The summed E-state index contributed by atoms with van der Waals surface area (Å²) in [6.07, 6.45) is 1.59. The van der Waals surface area contributed by atoms with Gasteiger partial charge >= 0.3 is 0 Å². The molecule has 10 rings (SSSR count). The molecule has 0 aliphatic carbocycles. The lowest BCUT2D eigenvalue weighted by Gasteiger charge is -2.36. The van der Waals surface area contributed by atoms with Crippen molar-refractivity contribution in [2.24, 2.45) is 10.8 Å². The summed E-state index contributed by atoms with van der Waals surface area (Å²) in [6.45, 7) is 54.2. The Morgan fingerprint density at radius 1 is 0.359 bits per heavy atom. The van der Waals surface area contributed by atoms with E-state index in [4.69, 9.17) is 32.7 Å². The summed E-state index contributed by atoms with van der Waals surface area (Å²) in [4.78, 5) is 0. The number of benzene rings is 8. The van der Waals surface area contributed by atoms with Gasteiger partial charge in [0.25, 0.3) is 0 Å². The number of aromatic nitrogens is 2. The number of aromatic hydroxyl groups is 2. The van der Waals surface area contributed by atoms with Crippen molar-refractivity contribution in [1.82, 2.24) is 9.13 Å². The van der Waals surface area contributed by atoms with E-state index in [9.17, 15) is 10.2 Å². The molecule has 2 heterocycles. The normalized spacial score (nSPS) is 13.4. The Balaban J connectivity index is 1.27. The number of hydrogen-bond donors (Lipinski definition) is 2. The van der Waals surface area contributed by atoms with E-state index in [0.717, 1.165) is 89.8 Å². The Hall–Kier alpha value is -6.86. The second kappa shape index (κ2) is 23.6. The molecule has 0 spiro atoms. The lowest BCUT2D eigenvalue weighted by atomic mass is 9.71. The quantitative estimate of drug-likeness (QED) is 0.113. The third-order valence-corrected chi connectivity index (χ3v) is 19.0. The van der Waals surface area contributed by atoms with E-state index in [1.54, 1.807) is 0 Å². The minimum absolute atomic E-state index is 0.0752. The number of aryl methyl sites for hydroxylation is 2. The number of hydrogen-bond acceptors (Lipinski definition) is 4. The minimum atomic E-state index is -0.509. The molecule has 8 aromatic carbocycles. The Morgan fingerprint density at radius 2 is 0.630 bits per heavy atom. The van der Waals surface area contributed by atoms with E-state index in [-0.39, 0.29) is 57.2 Å². The van der Waals surface area contributed by atoms with Crippen LogP contribution in [0.1, 0.15) is 210 Å². The van der Waals surface area contributed by atoms with Crippen LogP contribution in [0.15, 0.2) is 121 Å². The van der Waals surface area contributed by atoms with Crippen molar-refractivity contribution in [3.63, 3.8) is 0 Å². The number of phenolic OH excluding ortho intramolecular Hbond substituents is 2. The summed E-state index contributed by atoms with van der Waals surface area (Å²) in [6, 6.07) is 43.5. The van der Waals surface area contributed by atoms with Crippen LogP contribution in [0.25, 0.3) is 77.2 Å². The lowest BCUT2D eigenvalue weighted by molar-refractivity contribution is 0.203. The average Bonchev–Trinajstić information content (AvgIpc) is 1.46. The van der Waals surface area contributed by atoms with Crippen LogP contribution in [0, 0.1) is 24.7 Å². The molecule has 2 aromatic heterocycles. The van der Waals surface area contributed by atoms with E-state index in [2.05, 4.69) is 259 Å². The molecule has 10 aromatic rings. The van der Waals surface area contributed by atoms with Crippen molar-refractivity contribution in [3.8, 4) is 56.6 Å². The minimum Gasteiger partial charge on any atom is -0.505 e. The topological polar surface area (TPSA) is 68.8 Å². The molecule has 2 N–H and O–H groups in total. The van der Waals surface area contributed by atoms with Gasteiger partial charge in [-0.15, -0.1) is 0 Å². The number of ether oxygens (including phenoxy) is 2. The van der Waals surface area contributed by atoms with Gasteiger partial charge in [-0.1, -0.05) is 212 Å². The number of halogens is 2. The molecular weight excluding hydrogens is 1170 g/mol. The molecule has 0 aliphatic heterocycles. The molecule has 0 aliphatic rings. The maximum atomic E-state index is 13.6. The molecule has 486 valence electrons. The first kappa shape index (κ1) is 68.0. The average molecular weight is 1270 g/mol. The maximum absolute atomic E-state index is 13.6. The van der Waals surface area contributed by atoms with Crippen molar-refractivity contribution in [1.29, 1.82) is 0 Å². The summed E-state index contributed by atoms with van der Waals surface area (Å²) in [5, 5.41) is 32.8. The molecule has 0 radical (unpaired) electrons. The third-order valence-electron chi connectivity index (χ3n) is 18.6. The molecule has 0 atom stereocenters. The number of nitrogens with zero attached hydrogens (tertiary/aromatic N) is 2. The van der Waals surface area contributed by atoms with E-state index >= 15 is 0 Å². The predicted molar refractivity (Wildman–Crippen MR) is 395 cm³/mol. The number of rotatable bonds is 13. The molecule has 0 saturated carbocycles. The standard InChI is InChI=1S/C84H102Cl2N2O4/c1-49-35-51(39-57(85)37-49)59-45-65(83(21,22)47-77(3,4)5)75(71(73(59)89)87-67-29-25-53(79(9,10)11)41-61(67)62-42-54(80(12,13)14)26-30-68(62)87)91-33-34-92-76-66(84(23,24)48-78(6,7)8)46-60(52-36-50(2)38-58(86)40-52)74(90)72(76)88-69-31-27-55(81(15,16)17)43-63(69)64-44-56(82(18,19)20)28-32-70(64)88/h25-32,35-46,89-90H,33-34,47-48H2,1-24H3. The van der Waals surface area contributed by atoms with Gasteiger partial charge in [0, 0.05) is 53.8 Å². The summed E-state index contributed by atoms with van der Waals surface area (Å²) in [7, 11) is 0. The fraction of sp³-hybridized carbons (Fsp3) is 0.429. The van der Waals surface area contributed by atoms with Crippen LogP contribution in [-0.2, 0) is 32.5 Å². The van der Waals surface area contributed by atoms with Gasteiger partial charge in [-0.05, 0) is 199 Å². The first-order valence-electron chi connectivity index (χ1n) is 33.1. The van der Waals surface area contributed by atoms with Crippen LogP contribution < -0.4 is 9.47 Å². The fourth-order valence-electron chi connectivity index (χ4n) is 14.7. The monoisotopic (exact) mass is 1270 g/mol. The maximum Gasteiger partial charge on any atom is 0.151 e. The van der Waals surface area contributed by atoms with Crippen LogP contribution in [0.4, 0.5) is 0 Å². The van der Waals surface area contributed by atoms with Gasteiger partial charge in [-0.25, -0.2) is 0 Å². The first-order valence-corrected chi connectivity index (χ1v) is 33.9. The predicted octanol–water partition coefficient (Wildman–Crippen LogP) is 24.6. The van der Waals surface area contributed by atoms with Crippen molar-refractivity contribution in [2.75, 3.05) is 13.2 Å². The van der Waals surface area contributed by atoms with E-state index in [0.29, 0.717) is 44.0 Å². The molecule has 0 saturated heterocycles. The van der Waals surface area contributed by atoms with Crippen LogP contribution in [-0.4, -0.2) is 32.6 Å². The summed E-state index contributed by atoms with van der Waals surface area (Å²) in [5.41, 5.74) is 14.8. The smallest absolute Gasteiger partial charge is 0.151 e. The van der Waals surface area contributed by atoms with Gasteiger partial charge in [0.1, 0.15) is 24.6 Å². The van der Waals surface area contributed by atoms with Gasteiger partial charge in [0.05, 0.1) is 22.1 Å². The number of phenols is 2. The third kappa shape index (κ3) is 13.5. The van der Waals surface area contributed by atoms with Crippen LogP contribution in [0.5, 0.6) is 23.0 Å². The highest BCUT2D eigenvalue weighted by atomic mass is 35.5. The molecule has 6 nitrogen and oxygen atoms in total. The van der Waals surface area contributed by atoms with Gasteiger partial charge < -0.3 is 28.8 Å². The molecule has 8 heteroatoms. The Morgan fingerprint density at radius 3 is 0.870 bits per heavy atom. The van der Waals surface area contributed by atoms with Crippen LogP contribution in [0.3, 0.4) is 0 Å². The van der Waals surface area contributed by atoms with Crippen molar-refractivity contribution in [2.45, 2.75) is 212 Å². The Bertz CT molecular complexity index is 4050. The van der Waals surface area contributed by atoms with E-state index in [1.807, 2.05) is 38.1 Å². The summed E-state index contributed by atoms with van der Waals surface area (Å²) in [5.74, 6) is 1.29. The zero-order chi connectivity index (χ0) is 67.7. The van der Waals surface area contributed by atoms with Gasteiger partial charge in [0.15, 0.2) is 23.0 Å². The van der Waals surface area contributed by atoms with Crippen molar-refractivity contribution >= 4 is 66.8 Å². The Labute approximate surface area is 560 Å². The second-order valence-corrected chi connectivity index (χ2v) is 35.4. The molecule has 0 unspecified atom stereocenters. The highest BCUT2D eigenvalue weighted by Gasteiger charge is 2.38. The van der Waals surface area contributed by atoms with Crippen molar-refractivity contribution in [3.05, 3.63) is 176 Å². The highest BCUT2D eigenvalue weighted by molar-refractivity contribution is 6.31. The lowest BCUT2D eigenvalue weighted by Crippen LogP contribution is -2.27. The molecule has 92 heavy (non-hydrogen) atoms. The summed E-state index contributed by atoms with van der Waals surface area (Å²) >= 11 is 13.9. The van der Waals surface area contributed by atoms with Crippen LogP contribution >= 0.6 is 23.2 Å². The molecule has 0 bridgehead atoms. The first-order chi connectivity index (χ1) is 42.3. The zero-order valence-corrected chi connectivity index (χ0v) is 61.2.